The van der Waals surface area contributed by atoms with E-state index in [0.29, 0.717) is 16.8 Å². The first-order valence-electron chi connectivity index (χ1n) is 10.0. The van der Waals surface area contributed by atoms with Gasteiger partial charge in [0.1, 0.15) is 5.69 Å². The maximum Gasteiger partial charge on any atom is 0.241 e. The normalized spacial score (nSPS) is 22.6. The molecule has 3 fully saturated rings. The van der Waals surface area contributed by atoms with Crippen LogP contribution in [-0.4, -0.2) is 79.5 Å². The number of nitrogens with zero attached hydrogens (tertiary/aromatic N) is 4. The first-order chi connectivity index (χ1) is 13.4. The molecule has 28 heavy (non-hydrogen) atoms. The lowest BCUT2D eigenvalue weighted by molar-refractivity contribution is -0.131. The number of hydrogen-bond acceptors (Lipinski definition) is 6. The van der Waals surface area contributed by atoms with Crippen LogP contribution in [0.4, 0.5) is 11.4 Å². The largest absolute Gasteiger partial charge is 0.374 e. The van der Waals surface area contributed by atoms with E-state index in [0.717, 1.165) is 57.7 Å². The average Bonchev–Trinajstić information content (AvgIpc) is 3.42. The van der Waals surface area contributed by atoms with E-state index in [-0.39, 0.29) is 23.6 Å². The van der Waals surface area contributed by atoms with Crippen LogP contribution in [0.5, 0.6) is 0 Å². The maximum atomic E-state index is 12.6. The third kappa shape index (κ3) is 3.88. The predicted molar refractivity (Wildman–Crippen MR) is 111 cm³/mol. The van der Waals surface area contributed by atoms with E-state index in [2.05, 4.69) is 34.3 Å². The Morgan fingerprint density at radius 1 is 1.25 bits per heavy atom. The first-order valence-corrected chi connectivity index (χ1v) is 10.4. The summed E-state index contributed by atoms with van der Waals surface area (Å²) in [4.78, 5) is 30.5. The smallest absolute Gasteiger partial charge is 0.241 e. The summed E-state index contributed by atoms with van der Waals surface area (Å²) in [5, 5.41) is 6.78. The molecule has 1 N–H and O–H groups in total. The molecule has 0 spiro atoms. The number of halogens is 1. The second-order valence-electron chi connectivity index (χ2n) is 8.65. The van der Waals surface area contributed by atoms with Crippen LogP contribution < -0.4 is 5.32 Å². The lowest BCUT2D eigenvalue weighted by atomic mass is 9.97. The number of nitrogens with one attached hydrogen (secondary N) is 1. The van der Waals surface area contributed by atoms with Gasteiger partial charge in [0.2, 0.25) is 5.91 Å². The van der Waals surface area contributed by atoms with Gasteiger partial charge in [-0.2, -0.15) is 0 Å². The van der Waals surface area contributed by atoms with E-state index in [1.807, 2.05) is 11.0 Å². The molecule has 0 radical (unpaired) electrons. The number of likely N-dealkylation sites (tertiary alicyclic amines) is 1. The summed E-state index contributed by atoms with van der Waals surface area (Å²) in [5.74, 6) is 0.0522. The Hall–Kier alpha value is -1.70. The van der Waals surface area contributed by atoms with Crippen LogP contribution in [0.1, 0.15) is 25.3 Å². The molecule has 1 aliphatic carbocycles. The summed E-state index contributed by atoms with van der Waals surface area (Å²) in [7, 11) is 2.14. The van der Waals surface area contributed by atoms with Gasteiger partial charge in [-0.15, -0.1) is 4.91 Å². The summed E-state index contributed by atoms with van der Waals surface area (Å²) in [5.41, 5.74) is 1.94. The molecular weight excluding hydrogens is 378 g/mol. The van der Waals surface area contributed by atoms with Crippen molar-refractivity contribution in [3.8, 4) is 0 Å². The van der Waals surface area contributed by atoms with Crippen LogP contribution in [-0.2, 0) is 10.2 Å². The number of carbonyl (C=O) groups is 1. The lowest BCUT2D eigenvalue weighted by Crippen LogP contribution is -2.62. The van der Waals surface area contributed by atoms with Crippen LogP contribution in [0.2, 0.25) is 5.02 Å². The van der Waals surface area contributed by atoms with Crippen LogP contribution in [0.15, 0.2) is 17.3 Å². The summed E-state index contributed by atoms with van der Waals surface area (Å²) in [6.45, 7) is 7.92. The van der Waals surface area contributed by atoms with Crippen molar-refractivity contribution in [2.24, 2.45) is 5.18 Å². The molecule has 152 valence electrons. The minimum atomic E-state index is 0.0522. The third-order valence-corrected chi connectivity index (χ3v) is 6.80. The number of carbonyl (C=O) groups excluding carboxylic acids is 1. The van der Waals surface area contributed by atoms with Crippen LogP contribution >= 0.6 is 11.6 Å². The maximum absolute atomic E-state index is 12.6. The number of benzene rings is 1. The average molecular weight is 406 g/mol. The highest BCUT2D eigenvalue weighted by molar-refractivity contribution is 6.32. The monoisotopic (exact) mass is 405 g/mol. The number of nitroso groups, excluding NO2 is 1. The summed E-state index contributed by atoms with van der Waals surface area (Å²) in [6, 6.07) is 4.14. The molecule has 3 aliphatic rings. The van der Waals surface area contributed by atoms with Gasteiger partial charge in [0.05, 0.1) is 12.2 Å². The third-order valence-electron chi connectivity index (χ3n) is 6.49. The van der Waals surface area contributed by atoms with Gasteiger partial charge in [-0.3, -0.25) is 9.69 Å². The Bertz CT molecular complexity index is 768. The van der Waals surface area contributed by atoms with Crippen LogP contribution in [0.25, 0.3) is 0 Å². The van der Waals surface area contributed by atoms with Crippen LogP contribution in [0, 0.1) is 4.91 Å². The van der Waals surface area contributed by atoms with Gasteiger partial charge >= 0.3 is 0 Å². The zero-order valence-corrected chi connectivity index (χ0v) is 17.3. The molecule has 7 nitrogen and oxygen atoms in total. The van der Waals surface area contributed by atoms with Crippen molar-refractivity contribution in [3.05, 3.63) is 27.6 Å². The van der Waals surface area contributed by atoms with Crippen molar-refractivity contribution in [1.29, 1.82) is 0 Å². The number of anilines is 1. The molecule has 4 rings (SSSR count). The molecule has 1 saturated carbocycles. The minimum absolute atomic E-state index is 0.0522. The van der Waals surface area contributed by atoms with Gasteiger partial charge in [-0.05, 0) is 48.2 Å². The number of piperazine rings is 1. The molecular formula is C20H28ClN5O2. The Kier molecular flexibility index (Phi) is 5.33. The van der Waals surface area contributed by atoms with Gasteiger partial charge in [0.15, 0.2) is 0 Å². The predicted octanol–water partition coefficient (Wildman–Crippen LogP) is 2.66. The Morgan fingerprint density at radius 3 is 2.50 bits per heavy atom. The van der Waals surface area contributed by atoms with Crippen LogP contribution in [0.3, 0.4) is 0 Å². The molecule has 2 heterocycles. The SMILES string of the molecule is CN1CC(N2CCN(C(=O)CNc3cc(C4(C)CC4)c(Cl)cc3N=O)CC2)C1. The quantitative estimate of drug-likeness (QED) is 0.737. The van der Waals surface area contributed by atoms with Crippen molar-refractivity contribution in [2.75, 3.05) is 58.2 Å². The Labute approximate surface area is 171 Å². The van der Waals surface area contributed by atoms with E-state index < -0.39 is 0 Å². The molecule has 2 aliphatic heterocycles. The molecule has 0 unspecified atom stereocenters. The lowest BCUT2D eigenvalue weighted by Gasteiger charge is -2.46. The Balaban J connectivity index is 1.34. The number of rotatable bonds is 6. The van der Waals surface area contributed by atoms with E-state index in [1.165, 1.54) is 0 Å². The van der Waals surface area contributed by atoms with Crippen molar-refractivity contribution < 1.29 is 4.79 Å². The fourth-order valence-corrected chi connectivity index (χ4v) is 4.60. The first kappa shape index (κ1) is 19.6. The molecule has 8 heteroatoms. The van der Waals surface area contributed by atoms with E-state index in [1.54, 1.807) is 6.07 Å². The zero-order valence-electron chi connectivity index (χ0n) is 16.6. The molecule has 0 atom stereocenters. The second-order valence-corrected chi connectivity index (χ2v) is 9.05. The molecule has 1 amide bonds. The number of likely N-dealkylation sites (N-methyl/N-ethyl adjacent to an activating group) is 1. The standard InChI is InChI=1S/C20H28ClN5O2/c1-20(3-4-20)15-9-17(18(23-28)10-16(15)21)22-11-19(27)26-7-5-25(6-8-26)14-12-24(2)13-14/h9-10,14,22H,3-8,11-13H2,1-2H3. The fourth-order valence-electron chi connectivity index (χ4n) is 4.22. The number of hydrogen-bond donors (Lipinski definition) is 1. The summed E-state index contributed by atoms with van der Waals surface area (Å²) >= 11 is 6.34. The zero-order chi connectivity index (χ0) is 19.9. The molecule has 2 saturated heterocycles. The highest BCUT2D eigenvalue weighted by Gasteiger charge is 2.41. The highest BCUT2D eigenvalue weighted by atomic mass is 35.5. The molecule has 0 bridgehead atoms. The van der Waals surface area contributed by atoms with E-state index in [9.17, 15) is 9.70 Å². The Morgan fingerprint density at radius 2 is 1.93 bits per heavy atom. The summed E-state index contributed by atoms with van der Waals surface area (Å²) < 4.78 is 0. The van der Waals surface area contributed by atoms with Gasteiger partial charge in [0, 0.05) is 50.3 Å². The van der Waals surface area contributed by atoms with E-state index >= 15 is 0 Å². The minimum Gasteiger partial charge on any atom is -0.374 e. The summed E-state index contributed by atoms with van der Waals surface area (Å²) in [6.07, 6.45) is 2.17. The highest BCUT2D eigenvalue weighted by Crippen LogP contribution is 2.51. The van der Waals surface area contributed by atoms with Crippen molar-refractivity contribution in [2.45, 2.75) is 31.2 Å². The van der Waals surface area contributed by atoms with Gasteiger partial charge in [-0.1, -0.05) is 18.5 Å². The fraction of sp³-hybridized carbons (Fsp3) is 0.650. The van der Waals surface area contributed by atoms with Crippen molar-refractivity contribution >= 4 is 28.9 Å². The molecule has 1 aromatic carbocycles. The van der Waals surface area contributed by atoms with Gasteiger partial charge in [0.25, 0.3) is 0 Å². The van der Waals surface area contributed by atoms with Gasteiger partial charge < -0.3 is 15.1 Å². The van der Waals surface area contributed by atoms with Gasteiger partial charge in [-0.25, -0.2) is 0 Å². The molecule has 0 aromatic heterocycles. The second kappa shape index (κ2) is 7.61. The number of amides is 1. The molecule has 1 aromatic rings. The van der Waals surface area contributed by atoms with Crippen molar-refractivity contribution in [1.82, 2.24) is 14.7 Å². The van der Waals surface area contributed by atoms with E-state index in [4.69, 9.17) is 11.6 Å². The topological polar surface area (TPSA) is 68.2 Å². The van der Waals surface area contributed by atoms with Crippen molar-refractivity contribution in [3.63, 3.8) is 0 Å².